The summed E-state index contributed by atoms with van der Waals surface area (Å²) in [6.07, 6.45) is 12.1. The van der Waals surface area contributed by atoms with E-state index in [9.17, 15) is 14.4 Å². The smallest absolute Gasteiger partial charge is 0.347 e. The summed E-state index contributed by atoms with van der Waals surface area (Å²) in [6.45, 7) is 2.55. The number of ether oxygens (including phenoxy) is 2. The highest BCUT2D eigenvalue weighted by molar-refractivity contribution is 6.18. The van der Waals surface area contributed by atoms with Crippen molar-refractivity contribution >= 4 is 17.9 Å². The highest BCUT2D eigenvalue weighted by atomic mass is 16.6. The number of carbonyl (C=O) groups excluding carboxylic acids is 3. The SMILES string of the molecule is CCCCCCCCCCCCOC(=O)c1cccc2c1C(=O)OC2=O. The van der Waals surface area contributed by atoms with E-state index in [2.05, 4.69) is 11.7 Å². The minimum absolute atomic E-state index is 0.0190. The van der Waals surface area contributed by atoms with Crippen LogP contribution in [0.3, 0.4) is 0 Å². The fraction of sp³-hybridized carbons (Fsp3) is 0.571. The summed E-state index contributed by atoms with van der Waals surface area (Å²) in [7, 11) is 0. The van der Waals surface area contributed by atoms with E-state index in [-0.39, 0.29) is 16.7 Å². The van der Waals surface area contributed by atoms with Gasteiger partial charge >= 0.3 is 17.9 Å². The van der Waals surface area contributed by atoms with Gasteiger partial charge in [-0.05, 0) is 18.6 Å². The van der Waals surface area contributed by atoms with Gasteiger partial charge in [0.25, 0.3) is 0 Å². The van der Waals surface area contributed by atoms with E-state index in [0.717, 1.165) is 19.3 Å². The number of cyclic esters (lactones) is 2. The van der Waals surface area contributed by atoms with Crippen molar-refractivity contribution in [2.45, 2.75) is 71.1 Å². The third kappa shape index (κ3) is 5.68. The molecule has 1 aromatic rings. The lowest BCUT2D eigenvalue weighted by Crippen LogP contribution is -2.11. The lowest BCUT2D eigenvalue weighted by molar-refractivity contribution is 0.0427. The molecule has 1 aliphatic heterocycles. The van der Waals surface area contributed by atoms with Crippen molar-refractivity contribution in [2.75, 3.05) is 6.61 Å². The molecule has 0 saturated carbocycles. The van der Waals surface area contributed by atoms with E-state index in [1.807, 2.05) is 0 Å². The normalized spacial score (nSPS) is 12.8. The summed E-state index contributed by atoms with van der Waals surface area (Å²) in [5.74, 6) is -2.07. The van der Waals surface area contributed by atoms with Crippen LogP contribution in [0.2, 0.25) is 0 Å². The van der Waals surface area contributed by atoms with Crippen LogP contribution in [-0.2, 0) is 9.47 Å². The molecule has 142 valence electrons. The van der Waals surface area contributed by atoms with E-state index in [0.29, 0.717) is 6.61 Å². The molecule has 0 atom stereocenters. The monoisotopic (exact) mass is 360 g/mol. The molecular weight excluding hydrogens is 332 g/mol. The van der Waals surface area contributed by atoms with Crippen LogP contribution in [0.25, 0.3) is 0 Å². The van der Waals surface area contributed by atoms with Crippen molar-refractivity contribution < 1.29 is 23.9 Å². The Labute approximate surface area is 155 Å². The Hall–Kier alpha value is -2.17. The van der Waals surface area contributed by atoms with Gasteiger partial charge in [0.05, 0.1) is 23.3 Å². The molecule has 5 heteroatoms. The highest BCUT2D eigenvalue weighted by Crippen LogP contribution is 2.24. The Balaban J connectivity index is 1.62. The quantitative estimate of drug-likeness (QED) is 0.295. The molecule has 0 bridgehead atoms. The van der Waals surface area contributed by atoms with E-state index in [1.165, 1.54) is 57.1 Å². The Kier molecular flexibility index (Phi) is 8.32. The van der Waals surface area contributed by atoms with E-state index >= 15 is 0 Å². The number of rotatable bonds is 12. The van der Waals surface area contributed by atoms with Crippen LogP contribution >= 0.6 is 0 Å². The van der Waals surface area contributed by atoms with Gasteiger partial charge < -0.3 is 9.47 Å². The predicted octanol–water partition coefficient (Wildman–Crippen LogP) is 5.07. The van der Waals surface area contributed by atoms with Gasteiger partial charge in [-0.15, -0.1) is 0 Å². The lowest BCUT2D eigenvalue weighted by Gasteiger charge is -2.07. The molecule has 0 amide bonds. The first-order valence-electron chi connectivity index (χ1n) is 9.71. The fourth-order valence-corrected chi connectivity index (χ4v) is 3.13. The number of benzene rings is 1. The van der Waals surface area contributed by atoms with Crippen LogP contribution < -0.4 is 0 Å². The van der Waals surface area contributed by atoms with Gasteiger partial charge in [-0.25, -0.2) is 14.4 Å². The molecule has 2 rings (SSSR count). The van der Waals surface area contributed by atoms with Crippen LogP contribution in [0.4, 0.5) is 0 Å². The number of carbonyl (C=O) groups is 3. The molecule has 5 nitrogen and oxygen atoms in total. The van der Waals surface area contributed by atoms with Crippen molar-refractivity contribution in [1.29, 1.82) is 0 Å². The second-order valence-electron chi connectivity index (χ2n) is 6.72. The minimum atomic E-state index is -0.781. The molecule has 0 saturated heterocycles. The number of fused-ring (bicyclic) bond motifs is 1. The minimum Gasteiger partial charge on any atom is -0.462 e. The molecular formula is C21H28O5. The predicted molar refractivity (Wildman–Crippen MR) is 98.3 cm³/mol. The van der Waals surface area contributed by atoms with E-state index in [4.69, 9.17) is 4.74 Å². The van der Waals surface area contributed by atoms with Gasteiger partial charge in [0.1, 0.15) is 0 Å². The second-order valence-corrected chi connectivity index (χ2v) is 6.72. The third-order valence-electron chi connectivity index (χ3n) is 4.62. The van der Waals surface area contributed by atoms with Gasteiger partial charge in [0, 0.05) is 0 Å². The van der Waals surface area contributed by atoms with Crippen molar-refractivity contribution in [3.8, 4) is 0 Å². The van der Waals surface area contributed by atoms with E-state index < -0.39 is 17.9 Å². The fourth-order valence-electron chi connectivity index (χ4n) is 3.13. The molecule has 26 heavy (non-hydrogen) atoms. The van der Waals surface area contributed by atoms with Gasteiger partial charge in [-0.3, -0.25) is 0 Å². The summed E-state index contributed by atoms with van der Waals surface area (Å²) >= 11 is 0. The zero-order valence-electron chi connectivity index (χ0n) is 15.6. The Bertz CT molecular complexity index is 635. The van der Waals surface area contributed by atoms with Gasteiger partial charge in [-0.2, -0.15) is 0 Å². The van der Waals surface area contributed by atoms with Crippen molar-refractivity contribution in [2.24, 2.45) is 0 Å². The van der Waals surface area contributed by atoms with Crippen molar-refractivity contribution in [1.82, 2.24) is 0 Å². The van der Waals surface area contributed by atoms with Crippen LogP contribution in [0, 0.1) is 0 Å². The lowest BCUT2D eigenvalue weighted by atomic mass is 10.0. The summed E-state index contributed by atoms with van der Waals surface area (Å²) < 4.78 is 9.80. The van der Waals surface area contributed by atoms with Crippen LogP contribution in [0.1, 0.15) is 102 Å². The maximum absolute atomic E-state index is 12.2. The van der Waals surface area contributed by atoms with Crippen molar-refractivity contribution in [3.63, 3.8) is 0 Å². The van der Waals surface area contributed by atoms with Crippen LogP contribution in [0.15, 0.2) is 18.2 Å². The zero-order valence-corrected chi connectivity index (χ0v) is 15.6. The Morgan fingerprint density at radius 1 is 0.885 bits per heavy atom. The number of hydrogen-bond acceptors (Lipinski definition) is 5. The molecule has 0 radical (unpaired) electrons. The molecule has 0 aromatic heterocycles. The largest absolute Gasteiger partial charge is 0.462 e. The van der Waals surface area contributed by atoms with Crippen molar-refractivity contribution in [3.05, 3.63) is 34.9 Å². The van der Waals surface area contributed by atoms with Gasteiger partial charge in [0.15, 0.2) is 0 Å². The maximum atomic E-state index is 12.2. The summed E-state index contributed by atoms with van der Waals surface area (Å²) in [4.78, 5) is 35.4. The molecule has 1 aromatic carbocycles. The first-order valence-corrected chi connectivity index (χ1v) is 9.71. The topological polar surface area (TPSA) is 69.7 Å². The van der Waals surface area contributed by atoms with E-state index in [1.54, 1.807) is 6.07 Å². The average molecular weight is 360 g/mol. The molecule has 0 N–H and O–H groups in total. The summed E-state index contributed by atoms with van der Waals surface area (Å²) in [6, 6.07) is 4.51. The molecule has 0 spiro atoms. The molecule has 0 aliphatic carbocycles. The summed E-state index contributed by atoms with van der Waals surface area (Å²) in [5, 5.41) is 0. The van der Waals surface area contributed by atoms with Gasteiger partial charge in [-0.1, -0.05) is 70.8 Å². The standard InChI is InChI=1S/C21H28O5/c1-2-3-4-5-6-7-8-9-10-11-15-25-19(22)16-13-12-14-17-18(16)21(24)26-20(17)23/h12-14H,2-11,15H2,1H3. The first kappa shape index (κ1) is 20.1. The highest BCUT2D eigenvalue weighted by Gasteiger charge is 2.34. The first-order chi connectivity index (χ1) is 12.6. The molecule has 1 aliphatic rings. The molecule has 1 heterocycles. The average Bonchev–Trinajstić information content (AvgIpc) is 2.94. The number of esters is 3. The summed E-state index contributed by atoms with van der Waals surface area (Å²) in [5.41, 5.74) is 0.249. The maximum Gasteiger partial charge on any atom is 0.347 e. The van der Waals surface area contributed by atoms with Crippen LogP contribution in [-0.4, -0.2) is 24.5 Å². The zero-order chi connectivity index (χ0) is 18.8. The second kappa shape index (κ2) is 10.7. The number of unbranched alkanes of at least 4 members (excludes halogenated alkanes) is 9. The molecule has 0 fully saturated rings. The Morgan fingerprint density at radius 3 is 2.15 bits per heavy atom. The van der Waals surface area contributed by atoms with Gasteiger partial charge in [0.2, 0.25) is 0 Å². The molecule has 0 unspecified atom stereocenters. The Morgan fingerprint density at radius 2 is 1.50 bits per heavy atom. The third-order valence-corrected chi connectivity index (χ3v) is 4.62. The number of hydrogen-bond donors (Lipinski definition) is 0. The van der Waals surface area contributed by atoms with Crippen LogP contribution in [0.5, 0.6) is 0 Å².